The molecular weight excluding hydrogens is 266 g/mol. The maximum Gasteiger partial charge on any atom is 0.0469 e. The van der Waals surface area contributed by atoms with Crippen molar-refractivity contribution in [3.05, 3.63) is 0 Å². The van der Waals surface area contributed by atoms with Crippen molar-refractivity contribution in [2.75, 3.05) is 32.8 Å². The molecule has 0 saturated carbocycles. The van der Waals surface area contributed by atoms with E-state index in [2.05, 4.69) is 27.8 Å². The van der Waals surface area contributed by atoms with Gasteiger partial charge in [-0.2, -0.15) is 0 Å². The summed E-state index contributed by atoms with van der Waals surface area (Å²) in [7, 11) is 0. The van der Waals surface area contributed by atoms with Gasteiger partial charge >= 0.3 is 0 Å². The molecule has 1 atom stereocenters. The molecule has 2 fully saturated rings. The summed E-state index contributed by atoms with van der Waals surface area (Å²) in [5.74, 6) is 1.79. The molecule has 2 rings (SSSR count). The van der Waals surface area contributed by atoms with Crippen molar-refractivity contribution in [1.29, 1.82) is 0 Å². The van der Waals surface area contributed by atoms with Gasteiger partial charge in [-0.3, -0.25) is 0 Å². The number of likely N-dealkylation sites (tertiary alicyclic amines) is 1. The zero-order chi connectivity index (χ0) is 11.4. The maximum atomic E-state index is 5.41. The van der Waals surface area contributed by atoms with Gasteiger partial charge in [0.05, 0.1) is 0 Å². The SMILES string of the molecule is CC(Br)C1CCN(CC2CCOCC2)CC1. The maximum absolute atomic E-state index is 5.41. The van der Waals surface area contributed by atoms with Crippen LogP contribution in [0.5, 0.6) is 0 Å². The van der Waals surface area contributed by atoms with E-state index in [-0.39, 0.29) is 0 Å². The molecule has 0 aromatic rings. The van der Waals surface area contributed by atoms with E-state index in [1.54, 1.807) is 0 Å². The molecule has 0 aromatic heterocycles. The van der Waals surface area contributed by atoms with E-state index < -0.39 is 0 Å². The predicted molar refractivity (Wildman–Crippen MR) is 71.1 cm³/mol. The molecule has 0 spiro atoms. The highest BCUT2D eigenvalue weighted by Gasteiger charge is 2.24. The van der Waals surface area contributed by atoms with Crippen LogP contribution in [0.2, 0.25) is 0 Å². The third-order valence-corrected chi connectivity index (χ3v) is 4.89. The fourth-order valence-corrected chi connectivity index (χ4v) is 3.42. The van der Waals surface area contributed by atoms with Gasteiger partial charge < -0.3 is 9.64 Å². The monoisotopic (exact) mass is 289 g/mol. The van der Waals surface area contributed by atoms with Gasteiger partial charge in [0.25, 0.3) is 0 Å². The molecule has 1 unspecified atom stereocenters. The third-order valence-electron chi connectivity index (χ3n) is 4.14. The zero-order valence-corrected chi connectivity index (χ0v) is 11.9. The summed E-state index contributed by atoms with van der Waals surface area (Å²) < 4.78 is 5.41. The summed E-state index contributed by atoms with van der Waals surface area (Å²) in [4.78, 5) is 3.36. The van der Waals surface area contributed by atoms with Gasteiger partial charge in [-0.15, -0.1) is 0 Å². The Labute approximate surface area is 108 Å². The van der Waals surface area contributed by atoms with Crippen molar-refractivity contribution >= 4 is 15.9 Å². The van der Waals surface area contributed by atoms with Gasteiger partial charge in [0.2, 0.25) is 0 Å². The second-order valence-electron chi connectivity index (χ2n) is 5.37. The highest BCUT2D eigenvalue weighted by Crippen LogP contribution is 2.26. The van der Waals surface area contributed by atoms with Crippen LogP contribution in [-0.2, 0) is 4.74 Å². The van der Waals surface area contributed by atoms with Crippen molar-refractivity contribution in [3.63, 3.8) is 0 Å². The first-order chi connectivity index (χ1) is 7.75. The number of ether oxygens (including phenoxy) is 1. The van der Waals surface area contributed by atoms with Crippen molar-refractivity contribution in [2.24, 2.45) is 11.8 Å². The van der Waals surface area contributed by atoms with Crippen LogP contribution in [0, 0.1) is 11.8 Å². The molecule has 2 heterocycles. The van der Waals surface area contributed by atoms with Gasteiger partial charge in [-0.1, -0.05) is 22.9 Å². The molecule has 2 nitrogen and oxygen atoms in total. The fraction of sp³-hybridized carbons (Fsp3) is 1.00. The molecule has 2 saturated heterocycles. The van der Waals surface area contributed by atoms with Crippen molar-refractivity contribution in [1.82, 2.24) is 4.90 Å². The van der Waals surface area contributed by atoms with Crippen molar-refractivity contribution in [3.8, 4) is 0 Å². The summed E-state index contributed by atoms with van der Waals surface area (Å²) in [5, 5.41) is 0. The van der Waals surface area contributed by atoms with Gasteiger partial charge in [-0.25, -0.2) is 0 Å². The molecular formula is C13H24BrNO. The average Bonchev–Trinajstić information content (AvgIpc) is 2.31. The molecule has 0 bridgehead atoms. The Morgan fingerprint density at radius 2 is 1.81 bits per heavy atom. The van der Waals surface area contributed by atoms with Crippen LogP contribution in [0.4, 0.5) is 0 Å². The summed E-state index contributed by atoms with van der Waals surface area (Å²) in [6, 6.07) is 0. The molecule has 94 valence electrons. The van der Waals surface area contributed by atoms with Crippen LogP contribution in [-0.4, -0.2) is 42.6 Å². The minimum absolute atomic E-state index is 0.692. The molecule has 0 radical (unpaired) electrons. The summed E-state index contributed by atoms with van der Waals surface area (Å²) >= 11 is 3.72. The van der Waals surface area contributed by atoms with E-state index in [1.165, 1.54) is 45.3 Å². The first-order valence-corrected chi connectivity index (χ1v) is 7.61. The van der Waals surface area contributed by atoms with Gasteiger partial charge in [0.15, 0.2) is 0 Å². The van der Waals surface area contributed by atoms with Gasteiger partial charge in [0, 0.05) is 24.6 Å². The first-order valence-electron chi connectivity index (χ1n) is 6.70. The van der Waals surface area contributed by atoms with Crippen LogP contribution in [0.15, 0.2) is 0 Å². The van der Waals surface area contributed by atoms with Crippen LogP contribution in [0.1, 0.15) is 32.6 Å². The summed E-state index contributed by atoms with van der Waals surface area (Å²) in [6.07, 6.45) is 5.29. The summed E-state index contributed by atoms with van der Waals surface area (Å²) in [5.41, 5.74) is 0. The quantitative estimate of drug-likeness (QED) is 0.741. The van der Waals surface area contributed by atoms with Gasteiger partial charge in [0.1, 0.15) is 0 Å². The highest BCUT2D eigenvalue weighted by molar-refractivity contribution is 9.09. The minimum atomic E-state index is 0.692. The third kappa shape index (κ3) is 3.71. The van der Waals surface area contributed by atoms with E-state index >= 15 is 0 Å². The van der Waals surface area contributed by atoms with E-state index in [0.29, 0.717) is 4.83 Å². The van der Waals surface area contributed by atoms with Crippen molar-refractivity contribution < 1.29 is 4.74 Å². The van der Waals surface area contributed by atoms with E-state index in [0.717, 1.165) is 25.0 Å². The van der Waals surface area contributed by atoms with Crippen LogP contribution < -0.4 is 0 Å². The van der Waals surface area contributed by atoms with E-state index in [9.17, 15) is 0 Å². The minimum Gasteiger partial charge on any atom is -0.381 e. The Morgan fingerprint density at radius 3 is 2.38 bits per heavy atom. The lowest BCUT2D eigenvalue weighted by atomic mass is 9.92. The Kier molecular flexibility index (Phi) is 5.11. The standard InChI is InChI=1S/C13H24BrNO/c1-11(14)13-2-6-15(7-3-13)10-12-4-8-16-9-5-12/h11-13H,2-10H2,1H3. The molecule has 3 heteroatoms. The molecule has 2 aliphatic heterocycles. The number of nitrogens with zero attached hydrogens (tertiary/aromatic N) is 1. The second-order valence-corrected chi connectivity index (χ2v) is 6.82. The molecule has 0 amide bonds. The Balaban J connectivity index is 1.68. The highest BCUT2D eigenvalue weighted by atomic mass is 79.9. The lowest BCUT2D eigenvalue weighted by molar-refractivity contribution is 0.0469. The molecule has 0 aromatic carbocycles. The lowest BCUT2D eigenvalue weighted by Gasteiger charge is -2.36. The Morgan fingerprint density at radius 1 is 1.19 bits per heavy atom. The van der Waals surface area contributed by atoms with Crippen LogP contribution in [0.25, 0.3) is 0 Å². The molecule has 16 heavy (non-hydrogen) atoms. The Hall–Kier alpha value is 0.400. The number of halogens is 1. The first kappa shape index (κ1) is 12.8. The van der Waals surface area contributed by atoms with E-state index in [4.69, 9.17) is 4.74 Å². The second kappa shape index (κ2) is 6.36. The topological polar surface area (TPSA) is 12.5 Å². The zero-order valence-electron chi connectivity index (χ0n) is 10.3. The normalized spacial score (nSPS) is 28.1. The largest absolute Gasteiger partial charge is 0.381 e. The number of hydrogen-bond donors (Lipinski definition) is 0. The molecule has 0 aliphatic carbocycles. The summed E-state index contributed by atoms with van der Waals surface area (Å²) in [6.45, 7) is 8.18. The molecule has 0 N–H and O–H groups in total. The van der Waals surface area contributed by atoms with Crippen molar-refractivity contribution in [2.45, 2.75) is 37.4 Å². The number of piperidine rings is 1. The number of hydrogen-bond acceptors (Lipinski definition) is 2. The van der Waals surface area contributed by atoms with Gasteiger partial charge in [-0.05, 0) is 50.6 Å². The lowest BCUT2D eigenvalue weighted by Crippen LogP contribution is -2.39. The smallest absolute Gasteiger partial charge is 0.0469 e. The number of alkyl halides is 1. The average molecular weight is 290 g/mol. The fourth-order valence-electron chi connectivity index (χ4n) is 2.89. The number of rotatable bonds is 3. The van der Waals surface area contributed by atoms with Crippen LogP contribution >= 0.6 is 15.9 Å². The Bertz CT molecular complexity index is 196. The predicted octanol–water partition coefficient (Wildman–Crippen LogP) is 2.91. The molecule has 2 aliphatic rings. The van der Waals surface area contributed by atoms with E-state index in [1.807, 2.05) is 0 Å². The van der Waals surface area contributed by atoms with Crippen LogP contribution in [0.3, 0.4) is 0 Å².